The van der Waals surface area contributed by atoms with Crippen LogP contribution >= 0.6 is 0 Å². The molecule has 8 heteroatoms. The predicted molar refractivity (Wildman–Crippen MR) is 108 cm³/mol. The Bertz CT molecular complexity index is 878. The van der Waals surface area contributed by atoms with Gasteiger partial charge in [-0.25, -0.2) is 10.4 Å². The number of hydrazine groups is 1. The van der Waals surface area contributed by atoms with Crippen LogP contribution in [0.2, 0.25) is 0 Å². The van der Waals surface area contributed by atoms with E-state index in [0.29, 0.717) is 37.9 Å². The topological polar surface area (TPSA) is 102 Å². The van der Waals surface area contributed by atoms with Gasteiger partial charge in [0.05, 0.1) is 23.1 Å². The average Bonchev–Trinajstić information content (AvgIpc) is 3.43. The lowest BCUT2D eigenvalue weighted by molar-refractivity contribution is -0.131. The summed E-state index contributed by atoms with van der Waals surface area (Å²) in [6, 6.07) is 8.33. The van der Waals surface area contributed by atoms with Gasteiger partial charge in [0.25, 0.3) is 0 Å². The van der Waals surface area contributed by atoms with Crippen molar-refractivity contribution in [1.29, 1.82) is 0 Å². The molecule has 0 radical (unpaired) electrons. The van der Waals surface area contributed by atoms with Crippen LogP contribution in [0, 0.1) is 11.8 Å². The van der Waals surface area contributed by atoms with Crippen LogP contribution in [0.25, 0.3) is 11.0 Å². The number of aromatic nitrogens is 2. The summed E-state index contributed by atoms with van der Waals surface area (Å²) in [5.41, 5.74) is 8.62. The third-order valence-electron chi connectivity index (χ3n) is 6.61. The van der Waals surface area contributed by atoms with E-state index in [4.69, 9.17) is 0 Å². The highest BCUT2D eigenvalue weighted by Gasteiger charge is 2.46. The second kappa shape index (κ2) is 7.76. The molecule has 29 heavy (non-hydrogen) atoms. The number of aromatic amines is 1. The maximum atomic E-state index is 12.6. The van der Waals surface area contributed by atoms with Gasteiger partial charge in [0.2, 0.25) is 11.8 Å². The molecule has 2 aromatic rings. The number of likely N-dealkylation sites (tertiary alicyclic amines) is 1. The number of H-pyrrole nitrogens is 1. The third-order valence-corrected chi connectivity index (χ3v) is 6.61. The Morgan fingerprint density at radius 1 is 1.21 bits per heavy atom. The minimum absolute atomic E-state index is 0.0150. The van der Waals surface area contributed by atoms with Crippen molar-refractivity contribution in [1.82, 2.24) is 31.0 Å². The van der Waals surface area contributed by atoms with Crippen LogP contribution in [0.3, 0.4) is 0 Å². The Kier molecular flexibility index (Phi) is 4.97. The zero-order chi connectivity index (χ0) is 19.8. The van der Waals surface area contributed by atoms with E-state index in [0.717, 1.165) is 29.7 Å². The molecule has 3 heterocycles. The van der Waals surface area contributed by atoms with Gasteiger partial charge in [-0.05, 0) is 25.0 Å². The molecule has 5 rings (SSSR count). The molecule has 1 aromatic carbocycles. The quantitative estimate of drug-likeness (QED) is 0.605. The highest BCUT2D eigenvalue weighted by Crippen LogP contribution is 2.34. The molecule has 2 amide bonds. The van der Waals surface area contributed by atoms with Crippen LogP contribution in [0.1, 0.15) is 37.9 Å². The minimum atomic E-state index is -0.275. The number of benzene rings is 1. The van der Waals surface area contributed by atoms with Crippen molar-refractivity contribution >= 4 is 22.8 Å². The molecular formula is C21H28N6O2. The molecule has 2 aliphatic heterocycles. The van der Waals surface area contributed by atoms with Crippen molar-refractivity contribution in [3.8, 4) is 0 Å². The van der Waals surface area contributed by atoms with Gasteiger partial charge < -0.3 is 15.2 Å². The van der Waals surface area contributed by atoms with Crippen molar-refractivity contribution in [2.75, 3.05) is 13.1 Å². The number of fused-ring (bicyclic) bond motifs is 2. The Balaban J connectivity index is 1.14. The van der Waals surface area contributed by atoms with Crippen molar-refractivity contribution in [3.05, 3.63) is 30.1 Å². The Morgan fingerprint density at radius 3 is 2.97 bits per heavy atom. The molecular weight excluding hydrogens is 368 g/mol. The molecule has 8 nitrogen and oxygen atoms in total. The minimum Gasteiger partial charge on any atom is -0.355 e. The summed E-state index contributed by atoms with van der Waals surface area (Å²) in [5.74, 6) is 1.07. The standard InChI is InChI=1S/C21H28N6O2/c28-19-11-13(12-27(19)20-14-5-1-2-6-15(14)25-26-20)21(29)22-10-9-18-23-16-7-3-4-8-17(16)24-18/h3-4,7-8,13-15,20,25-26H,1-2,5-6,9-12H2,(H,22,29)(H,23,24). The Labute approximate surface area is 169 Å². The molecule has 2 saturated heterocycles. The van der Waals surface area contributed by atoms with E-state index in [1.165, 1.54) is 12.8 Å². The monoisotopic (exact) mass is 396 g/mol. The van der Waals surface area contributed by atoms with Gasteiger partial charge in [-0.2, -0.15) is 0 Å². The summed E-state index contributed by atoms with van der Waals surface area (Å²) >= 11 is 0. The lowest BCUT2D eigenvalue weighted by atomic mass is 9.84. The fourth-order valence-corrected chi connectivity index (χ4v) is 5.07. The highest BCUT2D eigenvalue weighted by atomic mass is 16.2. The molecule has 154 valence electrons. The molecule has 3 fully saturated rings. The molecule has 4 N–H and O–H groups in total. The van der Waals surface area contributed by atoms with E-state index >= 15 is 0 Å². The SMILES string of the molecule is O=C(NCCc1nc2ccccc2[nH]1)C1CC(=O)N(C2NNC3CCCCC32)C1. The van der Waals surface area contributed by atoms with E-state index in [1.54, 1.807) is 0 Å². The van der Waals surface area contributed by atoms with E-state index < -0.39 is 0 Å². The van der Waals surface area contributed by atoms with Crippen molar-refractivity contribution in [3.63, 3.8) is 0 Å². The summed E-state index contributed by atoms with van der Waals surface area (Å²) in [6.45, 7) is 1.01. The second-order valence-electron chi connectivity index (χ2n) is 8.48. The molecule has 4 unspecified atom stereocenters. The van der Waals surface area contributed by atoms with E-state index in [1.807, 2.05) is 29.2 Å². The molecule has 4 atom stereocenters. The van der Waals surface area contributed by atoms with Crippen LogP contribution in [-0.4, -0.2) is 52.0 Å². The van der Waals surface area contributed by atoms with Gasteiger partial charge in [-0.15, -0.1) is 0 Å². The molecule has 1 saturated carbocycles. The molecule has 3 aliphatic rings. The van der Waals surface area contributed by atoms with Crippen LogP contribution in [0.4, 0.5) is 0 Å². The van der Waals surface area contributed by atoms with Gasteiger partial charge in [-0.3, -0.25) is 15.0 Å². The van der Waals surface area contributed by atoms with Crippen LogP contribution < -0.4 is 16.2 Å². The van der Waals surface area contributed by atoms with E-state index in [2.05, 4.69) is 26.1 Å². The number of nitrogens with zero attached hydrogens (tertiary/aromatic N) is 2. The van der Waals surface area contributed by atoms with Gasteiger partial charge >= 0.3 is 0 Å². The Morgan fingerprint density at radius 2 is 2.07 bits per heavy atom. The van der Waals surface area contributed by atoms with Crippen molar-refractivity contribution < 1.29 is 9.59 Å². The number of amides is 2. The zero-order valence-corrected chi connectivity index (χ0v) is 16.5. The highest BCUT2D eigenvalue weighted by molar-refractivity contribution is 5.89. The fraction of sp³-hybridized carbons (Fsp3) is 0.571. The number of nitrogens with one attached hydrogen (secondary N) is 4. The average molecular weight is 396 g/mol. The Hall–Kier alpha value is -2.45. The number of carbonyl (C=O) groups is 2. The summed E-state index contributed by atoms with van der Waals surface area (Å²) < 4.78 is 0. The first-order valence-corrected chi connectivity index (χ1v) is 10.7. The fourth-order valence-electron chi connectivity index (χ4n) is 5.07. The number of para-hydroxylation sites is 2. The van der Waals surface area contributed by atoms with Crippen molar-refractivity contribution in [2.24, 2.45) is 11.8 Å². The van der Waals surface area contributed by atoms with Gasteiger partial charge in [-0.1, -0.05) is 25.0 Å². The van der Waals surface area contributed by atoms with Crippen LogP contribution in [-0.2, 0) is 16.0 Å². The largest absolute Gasteiger partial charge is 0.355 e. The molecule has 1 aromatic heterocycles. The summed E-state index contributed by atoms with van der Waals surface area (Å²) in [6.07, 6.45) is 5.70. The van der Waals surface area contributed by atoms with Gasteiger partial charge in [0.15, 0.2) is 0 Å². The number of hydrogen-bond donors (Lipinski definition) is 4. The number of hydrogen-bond acceptors (Lipinski definition) is 5. The van der Waals surface area contributed by atoms with Gasteiger partial charge in [0.1, 0.15) is 5.82 Å². The van der Waals surface area contributed by atoms with Gasteiger partial charge in [0, 0.05) is 37.9 Å². The predicted octanol–water partition coefficient (Wildman–Crippen LogP) is 1.06. The first kappa shape index (κ1) is 18.6. The lowest BCUT2D eigenvalue weighted by Crippen LogP contribution is -2.48. The number of imidazole rings is 1. The summed E-state index contributed by atoms with van der Waals surface area (Å²) in [5, 5.41) is 2.99. The molecule has 0 spiro atoms. The smallest absolute Gasteiger partial charge is 0.225 e. The summed E-state index contributed by atoms with van der Waals surface area (Å²) in [4.78, 5) is 34.9. The maximum Gasteiger partial charge on any atom is 0.225 e. The second-order valence-corrected chi connectivity index (χ2v) is 8.48. The van der Waals surface area contributed by atoms with Crippen LogP contribution in [0.15, 0.2) is 24.3 Å². The van der Waals surface area contributed by atoms with E-state index in [-0.39, 0.29) is 23.9 Å². The number of rotatable bonds is 5. The molecule has 1 aliphatic carbocycles. The first-order chi connectivity index (χ1) is 14.2. The summed E-state index contributed by atoms with van der Waals surface area (Å²) in [7, 11) is 0. The maximum absolute atomic E-state index is 12.6. The molecule has 0 bridgehead atoms. The number of carbonyl (C=O) groups excluding carboxylic acids is 2. The third kappa shape index (κ3) is 3.62. The first-order valence-electron chi connectivity index (χ1n) is 10.7. The lowest BCUT2D eigenvalue weighted by Gasteiger charge is -2.32. The normalized spacial score (nSPS) is 29.4. The van der Waals surface area contributed by atoms with E-state index in [9.17, 15) is 9.59 Å². The van der Waals surface area contributed by atoms with Crippen LogP contribution in [0.5, 0.6) is 0 Å². The van der Waals surface area contributed by atoms with Crippen molar-refractivity contribution in [2.45, 2.75) is 50.7 Å². The zero-order valence-electron chi connectivity index (χ0n) is 16.5.